The van der Waals surface area contributed by atoms with Crippen LogP contribution in [0.2, 0.25) is 0 Å². The van der Waals surface area contributed by atoms with Gasteiger partial charge in [0.2, 0.25) is 0 Å². The highest BCUT2D eigenvalue weighted by atomic mass is 15.0. The molecule has 0 spiro atoms. The molecule has 0 saturated carbocycles. The highest BCUT2D eigenvalue weighted by molar-refractivity contribution is 6.90. The largest absolute Gasteiger partial charge is 0.375 e. The van der Waals surface area contributed by atoms with E-state index < -0.39 is 0 Å². The van der Waals surface area contributed by atoms with Crippen molar-refractivity contribution in [2.75, 3.05) is 0 Å². The molecule has 3 heteroatoms. The van der Waals surface area contributed by atoms with Crippen LogP contribution in [-0.4, -0.2) is 15.9 Å². The van der Waals surface area contributed by atoms with Crippen LogP contribution in [0.25, 0.3) is 116 Å². The lowest BCUT2D eigenvalue weighted by atomic mass is 9.45. The molecule has 2 nitrogen and oxygen atoms in total. The van der Waals surface area contributed by atoms with Crippen molar-refractivity contribution in [3.63, 3.8) is 0 Å². The summed E-state index contributed by atoms with van der Waals surface area (Å²) >= 11 is 0. The van der Waals surface area contributed by atoms with Gasteiger partial charge in [0.1, 0.15) is 0 Å². The first-order valence-electron chi connectivity index (χ1n) is 22.0. The molecular formula is C60H37BN2. The third-order valence-corrected chi connectivity index (χ3v) is 13.8. The topological polar surface area (TPSA) is 9.86 Å². The maximum Gasteiger partial charge on any atom is 0.333 e. The number of fused-ring (bicyclic) bond motifs is 10. The smallest absolute Gasteiger partial charge is 0.333 e. The quantitative estimate of drug-likeness (QED) is 0.154. The standard InChI is InChI=1S/C60H37BN2/c1-6-17-38(18-7-1)43-29-30-55-49(31-43)51-34-45(40-21-10-3-11-22-40)33-50-47-27-16-28-56-57(47)61(63(55)59(50)51)54-37-46(41-23-12-4-13-24-41)36-53-52-35-44(39-19-8-2-9-20-39)32-48(42-25-14-5-15-26-42)58(52)62(56)60(53)54/h1-37H. The molecule has 0 N–H and O–H groups in total. The molecule has 0 fully saturated rings. The van der Waals surface area contributed by atoms with Crippen molar-refractivity contribution in [1.29, 1.82) is 0 Å². The molecule has 0 amide bonds. The zero-order chi connectivity index (χ0) is 41.2. The van der Waals surface area contributed by atoms with Crippen molar-refractivity contribution in [1.82, 2.24) is 9.05 Å². The van der Waals surface area contributed by atoms with Crippen LogP contribution in [0.3, 0.4) is 0 Å². The van der Waals surface area contributed by atoms with Gasteiger partial charge in [-0.2, -0.15) is 0 Å². The average Bonchev–Trinajstić information content (AvgIpc) is 3.88. The van der Waals surface area contributed by atoms with Crippen LogP contribution in [0.1, 0.15) is 0 Å². The van der Waals surface area contributed by atoms with Crippen LogP contribution in [0.4, 0.5) is 0 Å². The highest BCUT2D eigenvalue weighted by Crippen LogP contribution is 2.48. The van der Waals surface area contributed by atoms with Crippen molar-refractivity contribution in [3.05, 3.63) is 224 Å². The first kappa shape index (κ1) is 34.6. The molecular weight excluding hydrogens is 759 g/mol. The van der Waals surface area contributed by atoms with Crippen LogP contribution in [0.5, 0.6) is 0 Å². The van der Waals surface area contributed by atoms with E-state index in [1.807, 2.05) is 0 Å². The molecule has 0 aliphatic carbocycles. The van der Waals surface area contributed by atoms with Crippen molar-refractivity contribution < 1.29 is 0 Å². The minimum atomic E-state index is -0.0643. The number of aromatic nitrogens is 2. The van der Waals surface area contributed by atoms with E-state index in [0.717, 1.165) is 0 Å². The Labute approximate surface area is 365 Å². The summed E-state index contributed by atoms with van der Waals surface area (Å²) in [5, 5.41) is 5.10. The molecule has 2 aliphatic heterocycles. The molecule has 0 atom stereocenters. The van der Waals surface area contributed by atoms with E-state index in [2.05, 4.69) is 234 Å². The molecule has 12 aromatic rings. The summed E-state index contributed by atoms with van der Waals surface area (Å²) in [6.45, 7) is -0.0643. The van der Waals surface area contributed by atoms with Crippen molar-refractivity contribution in [2.24, 2.45) is 0 Å². The Morgan fingerprint density at radius 1 is 0.286 bits per heavy atom. The maximum absolute atomic E-state index is 2.70. The first-order chi connectivity index (χ1) is 31.3. The van der Waals surface area contributed by atoms with Crippen LogP contribution in [0.15, 0.2) is 224 Å². The van der Waals surface area contributed by atoms with Crippen molar-refractivity contribution in [3.8, 4) is 72.4 Å². The van der Waals surface area contributed by atoms with Gasteiger partial charge >= 0.3 is 6.85 Å². The Kier molecular flexibility index (Phi) is 7.23. The molecule has 14 rings (SSSR count). The monoisotopic (exact) mass is 796 g/mol. The lowest BCUT2D eigenvalue weighted by molar-refractivity contribution is 1.18. The summed E-state index contributed by atoms with van der Waals surface area (Å²) in [4.78, 5) is 0. The maximum atomic E-state index is 2.70. The molecule has 63 heavy (non-hydrogen) atoms. The third kappa shape index (κ3) is 4.96. The first-order valence-corrected chi connectivity index (χ1v) is 22.0. The summed E-state index contributed by atoms with van der Waals surface area (Å²) in [6.07, 6.45) is 0. The van der Waals surface area contributed by atoms with Crippen LogP contribution < -0.4 is 10.9 Å². The van der Waals surface area contributed by atoms with Gasteiger partial charge < -0.3 is 9.05 Å². The number of nitrogens with zero attached hydrogens (tertiary/aromatic N) is 2. The fourth-order valence-corrected chi connectivity index (χ4v) is 11.1. The summed E-state index contributed by atoms with van der Waals surface area (Å²) in [5.41, 5.74) is 23.8. The van der Waals surface area contributed by atoms with E-state index in [-0.39, 0.29) is 6.85 Å². The van der Waals surface area contributed by atoms with Crippen molar-refractivity contribution in [2.45, 2.75) is 0 Å². The van der Waals surface area contributed by atoms with E-state index in [0.29, 0.717) is 0 Å². The lowest BCUT2D eigenvalue weighted by Gasteiger charge is -2.34. The Hall–Kier alpha value is -8.14. The predicted octanol–water partition coefficient (Wildman–Crippen LogP) is 14.2. The summed E-state index contributed by atoms with van der Waals surface area (Å²) in [7, 11) is 0. The van der Waals surface area contributed by atoms with Crippen LogP contribution in [0, 0.1) is 0 Å². The van der Waals surface area contributed by atoms with E-state index in [1.54, 1.807) is 0 Å². The van der Waals surface area contributed by atoms with Gasteiger partial charge in [0.15, 0.2) is 0 Å². The van der Waals surface area contributed by atoms with Gasteiger partial charge in [-0.1, -0.05) is 176 Å². The third-order valence-electron chi connectivity index (χ3n) is 13.8. The van der Waals surface area contributed by atoms with Gasteiger partial charge in [-0.25, -0.2) is 0 Å². The Morgan fingerprint density at radius 3 is 1.35 bits per heavy atom. The minimum absolute atomic E-state index is 0.0643. The second kappa shape index (κ2) is 13.2. The van der Waals surface area contributed by atoms with E-state index in [4.69, 9.17) is 0 Å². The van der Waals surface area contributed by atoms with Gasteiger partial charge in [0.05, 0.1) is 11.0 Å². The number of benzene rings is 10. The predicted molar refractivity (Wildman–Crippen MR) is 267 cm³/mol. The minimum Gasteiger partial charge on any atom is -0.375 e. The molecule has 10 aromatic carbocycles. The zero-order valence-electron chi connectivity index (χ0n) is 34.3. The fourth-order valence-electron chi connectivity index (χ4n) is 11.1. The second-order valence-corrected chi connectivity index (χ2v) is 17.2. The Bertz CT molecular complexity index is 3810. The molecule has 290 valence electrons. The van der Waals surface area contributed by atoms with E-state index in [9.17, 15) is 0 Å². The van der Waals surface area contributed by atoms with Gasteiger partial charge in [-0.15, -0.1) is 0 Å². The molecule has 0 unspecified atom stereocenters. The number of hydrogen-bond acceptors (Lipinski definition) is 0. The van der Waals surface area contributed by atoms with Crippen LogP contribution >= 0.6 is 0 Å². The molecule has 4 heterocycles. The molecule has 0 saturated heterocycles. The normalized spacial score (nSPS) is 12.4. The van der Waals surface area contributed by atoms with Crippen LogP contribution in [-0.2, 0) is 0 Å². The fraction of sp³-hybridized carbons (Fsp3) is 0. The Morgan fingerprint density at radius 2 is 0.762 bits per heavy atom. The second-order valence-electron chi connectivity index (χ2n) is 17.2. The van der Waals surface area contributed by atoms with Gasteiger partial charge in [0.25, 0.3) is 0 Å². The molecule has 0 radical (unpaired) electrons. The van der Waals surface area contributed by atoms with E-state index >= 15 is 0 Å². The SMILES string of the molecule is c1ccc(-c2ccc3c(c2)c2cc(-c4ccccc4)cc4c2n3B2c3c-4cccc3-n3c4c2cc(-c2ccccc2)cc4c2cc(-c4ccccc4)cc(-c4ccccc4)c23)cc1. The average molecular weight is 797 g/mol. The molecule has 0 bridgehead atoms. The number of rotatable bonds is 5. The van der Waals surface area contributed by atoms with Gasteiger partial charge in [-0.05, 0) is 115 Å². The Balaban J connectivity index is 1.17. The zero-order valence-corrected chi connectivity index (χ0v) is 34.3. The van der Waals surface area contributed by atoms with Gasteiger partial charge in [0, 0.05) is 49.4 Å². The summed E-state index contributed by atoms with van der Waals surface area (Å²) in [5.74, 6) is 0. The van der Waals surface area contributed by atoms with Crippen molar-refractivity contribution >= 4 is 61.4 Å². The van der Waals surface area contributed by atoms with E-state index in [1.165, 1.54) is 127 Å². The number of hydrogen-bond donors (Lipinski definition) is 0. The lowest BCUT2D eigenvalue weighted by Crippen LogP contribution is -2.55. The highest BCUT2D eigenvalue weighted by Gasteiger charge is 2.42. The molecule has 2 aliphatic rings. The summed E-state index contributed by atoms with van der Waals surface area (Å²) < 4.78 is 5.33. The van der Waals surface area contributed by atoms with Gasteiger partial charge in [-0.3, -0.25) is 0 Å². The summed E-state index contributed by atoms with van der Waals surface area (Å²) in [6, 6.07) is 83.5. The molecule has 2 aromatic heterocycles.